The fraction of sp³-hybridized carbons (Fsp3) is 0.400. The second-order valence-corrected chi connectivity index (χ2v) is 4.58. The number of benzene rings is 1. The molecule has 0 unspecified atom stereocenters. The molecular formula is C15H20N2O. The molecule has 18 heavy (non-hydrogen) atoms. The molecule has 2 N–H and O–H groups in total. The molecule has 0 saturated heterocycles. The molecule has 3 nitrogen and oxygen atoms in total. The third kappa shape index (κ3) is 3.20. The largest absolute Gasteiger partial charge is 0.339 e. The van der Waals surface area contributed by atoms with Crippen molar-refractivity contribution in [2.45, 2.75) is 19.3 Å². The average Bonchev–Trinajstić information content (AvgIpc) is 2.46. The first kappa shape index (κ1) is 12.8. The van der Waals surface area contributed by atoms with Gasteiger partial charge >= 0.3 is 0 Å². The minimum Gasteiger partial charge on any atom is -0.339 e. The first-order valence-electron chi connectivity index (χ1n) is 6.53. The van der Waals surface area contributed by atoms with E-state index in [0.29, 0.717) is 13.0 Å². The predicted molar refractivity (Wildman–Crippen MR) is 73.9 cm³/mol. The van der Waals surface area contributed by atoms with Crippen molar-refractivity contribution < 1.29 is 4.79 Å². The van der Waals surface area contributed by atoms with Crippen molar-refractivity contribution in [3.63, 3.8) is 0 Å². The second-order valence-electron chi connectivity index (χ2n) is 4.58. The summed E-state index contributed by atoms with van der Waals surface area (Å²) in [5, 5.41) is 0. The van der Waals surface area contributed by atoms with Crippen LogP contribution in [0.5, 0.6) is 0 Å². The molecule has 0 saturated carbocycles. The van der Waals surface area contributed by atoms with Crippen LogP contribution in [0.1, 0.15) is 24.8 Å². The van der Waals surface area contributed by atoms with Gasteiger partial charge in [-0.1, -0.05) is 36.4 Å². The molecule has 1 aromatic rings. The minimum absolute atomic E-state index is 0.226. The standard InChI is InChI=1S/C15H20N2O/c16-10-4-7-15(18)17-11-8-14(9-12-17)13-5-2-1-3-6-13/h1-3,5-6,8H,4,7,9-12,16H2. The topological polar surface area (TPSA) is 46.3 Å². The maximum atomic E-state index is 11.8. The fourth-order valence-corrected chi connectivity index (χ4v) is 2.22. The molecule has 0 aliphatic carbocycles. The molecule has 1 aliphatic rings. The normalized spacial score (nSPS) is 15.4. The monoisotopic (exact) mass is 244 g/mol. The molecule has 0 fully saturated rings. The lowest BCUT2D eigenvalue weighted by molar-refractivity contribution is -0.130. The van der Waals surface area contributed by atoms with Gasteiger partial charge in [0, 0.05) is 19.5 Å². The molecule has 1 amide bonds. The van der Waals surface area contributed by atoms with Crippen LogP contribution in [0.3, 0.4) is 0 Å². The summed E-state index contributed by atoms with van der Waals surface area (Å²) in [6.45, 7) is 2.14. The van der Waals surface area contributed by atoms with E-state index in [4.69, 9.17) is 5.73 Å². The summed E-state index contributed by atoms with van der Waals surface area (Å²) in [6.07, 6.45) is 4.47. The lowest BCUT2D eigenvalue weighted by atomic mass is 9.99. The smallest absolute Gasteiger partial charge is 0.222 e. The third-order valence-corrected chi connectivity index (χ3v) is 3.30. The molecule has 1 aliphatic heterocycles. The van der Waals surface area contributed by atoms with Crippen molar-refractivity contribution in [2.75, 3.05) is 19.6 Å². The second kappa shape index (κ2) is 6.36. The molecule has 0 atom stereocenters. The molecule has 0 radical (unpaired) electrons. The molecule has 1 heterocycles. The number of rotatable bonds is 4. The van der Waals surface area contributed by atoms with Crippen molar-refractivity contribution >= 4 is 11.5 Å². The molecule has 0 bridgehead atoms. The van der Waals surface area contributed by atoms with E-state index in [1.54, 1.807) is 0 Å². The number of carbonyl (C=O) groups is 1. The number of hydrogen-bond donors (Lipinski definition) is 1. The van der Waals surface area contributed by atoms with E-state index < -0.39 is 0 Å². The van der Waals surface area contributed by atoms with Gasteiger partial charge in [-0.3, -0.25) is 4.79 Å². The zero-order valence-corrected chi connectivity index (χ0v) is 10.6. The highest BCUT2D eigenvalue weighted by molar-refractivity contribution is 5.78. The highest BCUT2D eigenvalue weighted by Gasteiger charge is 2.16. The van der Waals surface area contributed by atoms with Gasteiger partial charge in [0.05, 0.1) is 0 Å². The van der Waals surface area contributed by atoms with Gasteiger partial charge in [-0.05, 0) is 30.5 Å². The van der Waals surface area contributed by atoms with E-state index in [9.17, 15) is 4.79 Å². The Morgan fingerprint density at radius 2 is 2.06 bits per heavy atom. The maximum absolute atomic E-state index is 11.8. The van der Waals surface area contributed by atoms with Crippen LogP contribution in [-0.4, -0.2) is 30.4 Å². The number of nitrogens with zero attached hydrogens (tertiary/aromatic N) is 1. The van der Waals surface area contributed by atoms with Crippen LogP contribution in [0.15, 0.2) is 36.4 Å². The Bertz CT molecular complexity index is 425. The molecule has 2 rings (SSSR count). The summed E-state index contributed by atoms with van der Waals surface area (Å²) >= 11 is 0. The number of nitrogens with two attached hydrogens (primary N) is 1. The quantitative estimate of drug-likeness (QED) is 0.881. The highest BCUT2D eigenvalue weighted by atomic mass is 16.2. The zero-order chi connectivity index (χ0) is 12.8. The summed E-state index contributed by atoms with van der Waals surface area (Å²) in [5.41, 5.74) is 8.04. The van der Waals surface area contributed by atoms with Crippen LogP contribution < -0.4 is 5.73 Å². The summed E-state index contributed by atoms with van der Waals surface area (Å²) in [7, 11) is 0. The van der Waals surface area contributed by atoms with Gasteiger partial charge in [0.2, 0.25) is 5.91 Å². The Kier molecular flexibility index (Phi) is 4.53. The Balaban J connectivity index is 1.94. The Morgan fingerprint density at radius 1 is 1.28 bits per heavy atom. The van der Waals surface area contributed by atoms with Crippen molar-refractivity contribution in [1.29, 1.82) is 0 Å². The van der Waals surface area contributed by atoms with Gasteiger partial charge in [-0.25, -0.2) is 0 Å². The molecule has 1 aromatic carbocycles. The van der Waals surface area contributed by atoms with E-state index >= 15 is 0 Å². The summed E-state index contributed by atoms with van der Waals surface area (Å²) < 4.78 is 0. The number of carbonyl (C=O) groups excluding carboxylic acids is 1. The van der Waals surface area contributed by atoms with Crippen LogP contribution in [0, 0.1) is 0 Å². The minimum atomic E-state index is 0.226. The molecule has 3 heteroatoms. The van der Waals surface area contributed by atoms with E-state index in [-0.39, 0.29) is 5.91 Å². The van der Waals surface area contributed by atoms with Crippen molar-refractivity contribution in [1.82, 2.24) is 4.90 Å². The van der Waals surface area contributed by atoms with Gasteiger partial charge in [0.25, 0.3) is 0 Å². The van der Waals surface area contributed by atoms with Crippen LogP contribution in [0.4, 0.5) is 0 Å². The van der Waals surface area contributed by atoms with Gasteiger partial charge < -0.3 is 10.6 Å². The van der Waals surface area contributed by atoms with Crippen molar-refractivity contribution in [3.05, 3.63) is 42.0 Å². The first-order valence-corrected chi connectivity index (χ1v) is 6.53. The van der Waals surface area contributed by atoms with Crippen LogP contribution in [0.25, 0.3) is 5.57 Å². The van der Waals surface area contributed by atoms with Crippen LogP contribution in [-0.2, 0) is 4.79 Å². The average molecular weight is 244 g/mol. The van der Waals surface area contributed by atoms with Crippen molar-refractivity contribution in [2.24, 2.45) is 5.73 Å². The Morgan fingerprint density at radius 3 is 2.67 bits per heavy atom. The summed E-state index contributed by atoms with van der Waals surface area (Å²) in [4.78, 5) is 13.8. The maximum Gasteiger partial charge on any atom is 0.222 e. The lowest BCUT2D eigenvalue weighted by Gasteiger charge is -2.26. The van der Waals surface area contributed by atoms with Gasteiger partial charge in [-0.15, -0.1) is 0 Å². The first-order chi connectivity index (χ1) is 8.81. The predicted octanol–water partition coefficient (Wildman–Crippen LogP) is 2.04. The molecule has 0 aromatic heterocycles. The van der Waals surface area contributed by atoms with Crippen LogP contribution >= 0.6 is 0 Å². The number of hydrogen-bond acceptors (Lipinski definition) is 2. The Hall–Kier alpha value is -1.61. The summed E-state index contributed by atoms with van der Waals surface area (Å²) in [6, 6.07) is 10.4. The molecule has 0 spiro atoms. The molecular weight excluding hydrogens is 224 g/mol. The van der Waals surface area contributed by atoms with E-state index in [0.717, 1.165) is 25.9 Å². The van der Waals surface area contributed by atoms with Crippen molar-refractivity contribution in [3.8, 4) is 0 Å². The summed E-state index contributed by atoms with van der Waals surface area (Å²) in [5.74, 6) is 0.226. The zero-order valence-electron chi connectivity index (χ0n) is 10.6. The SMILES string of the molecule is NCCCC(=O)N1CC=C(c2ccccc2)CC1. The lowest BCUT2D eigenvalue weighted by Crippen LogP contribution is -2.34. The van der Waals surface area contributed by atoms with Gasteiger partial charge in [0.15, 0.2) is 0 Å². The third-order valence-electron chi connectivity index (χ3n) is 3.30. The van der Waals surface area contributed by atoms with E-state index in [1.807, 2.05) is 11.0 Å². The van der Waals surface area contributed by atoms with Gasteiger partial charge in [-0.2, -0.15) is 0 Å². The molecule has 96 valence electrons. The van der Waals surface area contributed by atoms with Gasteiger partial charge in [0.1, 0.15) is 0 Å². The van der Waals surface area contributed by atoms with Crippen LogP contribution in [0.2, 0.25) is 0 Å². The number of amides is 1. The van der Waals surface area contributed by atoms with E-state index in [2.05, 4.69) is 30.3 Å². The highest BCUT2D eigenvalue weighted by Crippen LogP contribution is 2.22. The Labute approximate surface area is 108 Å². The fourth-order valence-electron chi connectivity index (χ4n) is 2.22. The van der Waals surface area contributed by atoms with E-state index in [1.165, 1.54) is 11.1 Å².